The third kappa shape index (κ3) is 3.75. The summed E-state index contributed by atoms with van der Waals surface area (Å²) in [6.07, 6.45) is 6.64. The van der Waals surface area contributed by atoms with E-state index in [0.717, 1.165) is 10.8 Å². The van der Waals surface area contributed by atoms with Crippen LogP contribution in [-0.2, 0) is 0 Å². The normalized spacial score (nSPS) is 24.2. The Kier molecular flexibility index (Phi) is 4.91. The van der Waals surface area contributed by atoms with Crippen molar-refractivity contribution in [2.75, 3.05) is 11.1 Å². The fourth-order valence-corrected chi connectivity index (χ4v) is 3.32. The Morgan fingerprint density at radius 3 is 2.79 bits per heavy atom. The molecule has 0 aromatic carbocycles. The minimum atomic E-state index is 0.116. The second-order valence-corrected chi connectivity index (χ2v) is 6.53. The van der Waals surface area contributed by atoms with Gasteiger partial charge >= 0.3 is 0 Å². The molecule has 1 aromatic heterocycles. The lowest BCUT2D eigenvalue weighted by Crippen LogP contribution is -2.26. The summed E-state index contributed by atoms with van der Waals surface area (Å²) in [7, 11) is 0. The van der Waals surface area contributed by atoms with Gasteiger partial charge in [0.1, 0.15) is 0 Å². The lowest BCUT2D eigenvalue weighted by atomic mass is 9.97. The van der Waals surface area contributed by atoms with E-state index < -0.39 is 0 Å². The highest BCUT2D eigenvalue weighted by Crippen LogP contribution is 2.38. The topological polar surface area (TPSA) is 60.2 Å². The quantitative estimate of drug-likeness (QED) is 0.823. The van der Waals surface area contributed by atoms with Gasteiger partial charge in [0, 0.05) is 6.04 Å². The first kappa shape index (κ1) is 14.4. The van der Waals surface area contributed by atoms with Gasteiger partial charge in [0.05, 0.1) is 6.10 Å². The second-order valence-electron chi connectivity index (χ2n) is 5.76. The molecule has 4 nitrogen and oxygen atoms in total. The number of hydrogen-bond acceptors (Lipinski definition) is 5. The van der Waals surface area contributed by atoms with Crippen LogP contribution < -0.4 is 15.8 Å². The van der Waals surface area contributed by atoms with Crippen LogP contribution in [0.1, 0.15) is 52.9 Å². The molecule has 1 saturated carbocycles. The van der Waals surface area contributed by atoms with Crippen molar-refractivity contribution < 1.29 is 4.74 Å². The number of nitrogen functional groups attached to an aromatic ring is 1. The van der Waals surface area contributed by atoms with Gasteiger partial charge in [-0.1, -0.05) is 26.2 Å². The first-order valence-electron chi connectivity index (χ1n) is 7.26. The lowest BCUT2D eigenvalue weighted by Gasteiger charge is -2.23. The fourth-order valence-electron chi connectivity index (χ4n) is 2.61. The highest BCUT2D eigenvalue weighted by molar-refractivity contribution is 7.11. The summed E-state index contributed by atoms with van der Waals surface area (Å²) in [5.41, 5.74) is 5.89. The Morgan fingerprint density at radius 1 is 1.32 bits per heavy atom. The fraction of sp³-hybridized carbons (Fsp3) is 0.786. The number of aromatic nitrogens is 1. The highest BCUT2D eigenvalue weighted by atomic mass is 32.1. The molecule has 0 saturated heterocycles. The SMILES string of the molecule is CC(C)Oc1c(N)nsc1NC1CCCCCC1C. The highest BCUT2D eigenvalue weighted by Gasteiger charge is 2.23. The van der Waals surface area contributed by atoms with Gasteiger partial charge in [-0.25, -0.2) is 0 Å². The number of anilines is 2. The molecule has 1 aliphatic carbocycles. The maximum Gasteiger partial charge on any atom is 0.197 e. The summed E-state index contributed by atoms with van der Waals surface area (Å²) in [4.78, 5) is 0. The van der Waals surface area contributed by atoms with E-state index in [-0.39, 0.29) is 6.10 Å². The van der Waals surface area contributed by atoms with Crippen molar-refractivity contribution in [3.05, 3.63) is 0 Å². The van der Waals surface area contributed by atoms with Crippen molar-refractivity contribution in [1.29, 1.82) is 0 Å². The molecule has 1 aliphatic rings. The van der Waals surface area contributed by atoms with E-state index in [0.29, 0.717) is 17.8 Å². The molecule has 0 aliphatic heterocycles. The number of nitrogens with zero attached hydrogens (tertiary/aromatic N) is 1. The summed E-state index contributed by atoms with van der Waals surface area (Å²) in [5, 5.41) is 4.61. The standard InChI is InChI=1S/C14H25N3OS/c1-9(2)18-12-13(15)17-19-14(12)16-11-8-6-4-5-7-10(11)3/h9-11,16H,4-8H2,1-3H3,(H2,15,17). The average molecular weight is 283 g/mol. The minimum Gasteiger partial charge on any atom is -0.484 e. The molecule has 0 amide bonds. The van der Waals surface area contributed by atoms with Crippen LogP contribution in [-0.4, -0.2) is 16.5 Å². The van der Waals surface area contributed by atoms with Crippen molar-refractivity contribution in [3.63, 3.8) is 0 Å². The second kappa shape index (κ2) is 6.46. The molecule has 19 heavy (non-hydrogen) atoms. The molecule has 1 aromatic rings. The van der Waals surface area contributed by atoms with Crippen LogP contribution in [0.3, 0.4) is 0 Å². The van der Waals surface area contributed by atoms with E-state index >= 15 is 0 Å². The lowest BCUT2D eigenvalue weighted by molar-refractivity contribution is 0.245. The van der Waals surface area contributed by atoms with Gasteiger partial charge in [-0.15, -0.1) is 0 Å². The minimum absolute atomic E-state index is 0.116. The maximum atomic E-state index is 5.89. The van der Waals surface area contributed by atoms with Gasteiger partial charge in [-0.2, -0.15) is 4.37 Å². The predicted octanol–water partition coefficient (Wildman–Crippen LogP) is 3.89. The summed E-state index contributed by atoms with van der Waals surface area (Å²) in [5.74, 6) is 1.93. The van der Waals surface area contributed by atoms with E-state index in [1.807, 2.05) is 13.8 Å². The van der Waals surface area contributed by atoms with Crippen molar-refractivity contribution in [2.24, 2.45) is 5.92 Å². The van der Waals surface area contributed by atoms with Crippen LogP contribution in [0.2, 0.25) is 0 Å². The maximum absolute atomic E-state index is 5.89. The molecule has 1 heterocycles. The third-order valence-electron chi connectivity index (χ3n) is 3.71. The zero-order valence-corrected chi connectivity index (χ0v) is 12.9. The molecule has 0 bridgehead atoms. The van der Waals surface area contributed by atoms with Crippen LogP contribution in [0.4, 0.5) is 10.8 Å². The number of nitrogens with two attached hydrogens (primary N) is 1. The van der Waals surface area contributed by atoms with E-state index in [4.69, 9.17) is 10.5 Å². The zero-order chi connectivity index (χ0) is 13.8. The number of ether oxygens (including phenoxy) is 1. The smallest absolute Gasteiger partial charge is 0.197 e. The van der Waals surface area contributed by atoms with Gasteiger partial charge < -0.3 is 15.8 Å². The molecule has 0 radical (unpaired) electrons. The van der Waals surface area contributed by atoms with Crippen molar-refractivity contribution in [3.8, 4) is 5.75 Å². The van der Waals surface area contributed by atoms with Gasteiger partial charge in [-0.3, -0.25) is 0 Å². The molecule has 108 valence electrons. The molecule has 0 spiro atoms. The number of hydrogen-bond donors (Lipinski definition) is 2. The van der Waals surface area contributed by atoms with Gasteiger partial charge in [0.15, 0.2) is 16.6 Å². The van der Waals surface area contributed by atoms with Crippen molar-refractivity contribution >= 4 is 22.4 Å². The Morgan fingerprint density at radius 2 is 2.05 bits per heavy atom. The molecule has 2 rings (SSSR count). The Hall–Kier alpha value is -0.970. The summed E-state index contributed by atoms with van der Waals surface area (Å²) < 4.78 is 10.0. The third-order valence-corrected chi connectivity index (χ3v) is 4.48. The number of rotatable bonds is 4. The van der Waals surface area contributed by atoms with Crippen LogP contribution in [0, 0.1) is 5.92 Å². The first-order valence-corrected chi connectivity index (χ1v) is 8.03. The van der Waals surface area contributed by atoms with Crippen LogP contribution in [0.5, 0.6) is 5.75 Å². The Balaban J connectivity index is 2.09. The summed E-state index contributed by atoms with van der Waals surface area (Å²) >= 11 is 1.41. The van der Waals surface area contributed by atoms with Crippen LogP contribution >= 0.6 is 11.5 Å². The molecule has 3 N–H and O–H groups in total. The zero-order valence-electron chi connectivity index (χ0n) is 12.1. The van der Waals surface area contributed by atoms with E-state index in [2.05, 4.69) is 16.6 Å². The predicted molar refractivity (Wildman–Crippen MR) is 82.0 cm³/mol. The molecule has 5 heteroatoms. The van der Waals surface area contributed by atoms with Gasteiger partial charge in [0.2, 0.25) is 0 Å². The molecular formula is C14H25N3OS. The van der Waals surface area contributed by atoms with Crippen molar-refractivity contribution in [1.82, 2.24) is 4.37 Å². The van der Waals surface area contributed by atoms with E-state index in [1.165, 1.54) is 43.6 Å². The summed E-state index contributed by atoms with van der Waals surface area (Å²) in [6, 6.07) is 0.511. The summed E-state index contributed by atoms with van der Waals surface area (Å²) in [6.45, 7) is 6.35. The monoisotopic (exact) mass is 283 g/mol. The Bertz CT molecular complexity index is 405. The number of nitrogens with one attached hydrogen (secondary N) is 1. The van der Waals surface area contributed by atoms with Gasteiger partial charge in [0.25, 0.3) is 0 Å². The average Bonchev–Trinajstić information content (AvgIpc) is 2.57. The van der Waals surface area contributed by atoms with Crippen LogP contribution in [0.25, 0.3) is 0 Å². The molecule has 2 unspecified atom stereocenters. The van der Waals surface area contributed by atoms with Gasteiger partial charge in [-0.05, 0) is 44.1 Å². The largest absolute Gasteiger partial charge is 0.484 e. The van der Waals surface area contributed by atoms with E-state index in [1.54, 1.807) is 0 Å². The Labute approximate surface area is 119 Å². The van der Waals surface area contributed by atoms with Crippen molar-refractivity contribution in [2.45, 2.75) is 65.0 Å². The molecule has 1 fully saturated rings. The first-order chi connectivity index (χ1) is 9.08. The molecule has 2 atom stereocenters. The van der Waals surface area contributed by atoms with E-state index in [9.17, 15) is 0 Å². The van der Waals surface area contributed by atoms with Crippen LogP contribution in [0.15, 0.2) is 0 Å². The molecular weight excluding hydrogens is 258 g/mol.